The first-order valence-corrected chi connectivity index (χ1v) is 6.56. The number of aromatic nitrogens is 2. The molecule has 2 heterocycles. The van der Waals surface area contributed by atoms with Gasteiger partial charge >= 0.3 is 5.97 Å². The van der Waals surface area contributed by atoms with Gasteiger partial charge in [0, 0.05) is 18.8 Å². The molecule has 5 nitrogen and oxygen atoms in total. The average Bonchev–Trinajstić information content (AvgIpc) is 2.97. The Morgan fingerprint density at radius 2 is 2.14 bits per heavy atom. The number of esters is 1. The lowest BCUT2D eigenvalue weighted by molar-refractivity contribution is 0.0601. The van der Waals surface area contributed by atoms with Crippen LogP contribution < -0.4 is 5.32 Å². The number of methoxy groups -OCH3 is 1. The van der Waals surface area contributed by atoms with E-state index in [1.54, 1.807) is 18.3 Å². The summed E-state index contributed by atoms with van der Waals surface area (Å²) < 4.78 is 6.75. The molecule has 0 aliphatic carbocycles. The first-order valence-electron chi connectivity index (χ1n) is 6.56. The highest BCUT2D eigenvalue weighted by atomic mass is 16.5. The van der Waals surface area contributed by atoms with E-state index in [-0.39, 0.29) is 5.97 Å². The van der Waals surface area contributed by atoms with Gasteiger partial charge in [0.2, 0.25) is 0 Å². The second kappa shape index (κ2) is 5.28. The van der Waals surface area contributed by atoms with Crippen molar-refractivity contribution in [2.75, 3.05) is 19.5 Å². The third-order valence-corrected chi connectivity index (χ3v) is 3.37. The standard InChI is InChI=1S/C16H15N3O2/c1-17-13-6-7-15-18-9-14(19(15)10-13)11-4-3-5-12(8-11)16(20)21-2/h3-10,17H,1-2H3. The van der Waals surface area contributed by atoms with Crippen LogP contribution in [0.5, 0.6) is 0 Å². The Hall–Kier alpha value is -2.82. The summed E-state index contributed by atoms with van der Waals surface area (Å²) in [5.41, 5.74) is 4.21. The zero-order valence-electron chi connectivity index (χ0n) is 11.8. The fourth-order valence-electron chi connectivity index (χ4n) is 2.27. The number of benzene rings is 1. The lowest BCUT2D eigenvalue weighted by Crippen LogP contribution is -2.01. The van der Waals surface area contributed by atoms with E-state index < -0.39 is 0 Å². The molecule has 0 fully saturated rings. The van der Waals surface area contributed by atoms with Crippen LogP contribution in [0.3, 0.4) is 0 Å². The highest BCUT2D eigenvalue weighted by Gasteiger charge is 2.10. The number of carbonyl (C=O) groups is 1. The molecular weight excluding hydrogens is 266 g/mol. The van der Waals surface area contributed by atoms with Gasteiger partial charge in [0.05, 0.1) is 30.3 Å². The predicted molar refractivity (Wildman–Crippen MR) is 81.5 cm³/mol. The Bertz CT molecular complexity index is 808. The summed E-state index contributed by atoms with van der Waals surface area (Å²) in [6.07, 6.45) is 3.77. The van der Waals surface area contributed by atoms with Gasteiger partial charge in [0.1, 0.15) is 5.65 Å². The van der Waals surface area contributed by atoms with Crippen LogP contribution in [-0.2, 0) is 4.74 Å². The van der Waals surface area contributed by atoms with Gasteiger partial charge in [0.25, 0.3) is 0 Å². The first-order chi connectivity index (χ1) is 10.2. The van der Waals surface area contributed by atoms with Crippen LogP contribution >= 0.6 is 0 Å². The second-order valence-corrected chi connectivity index (χ2v) is 4.61. The number of anilines is 1. The molecule has 106 valence electrons. The Kier molecular flexibility index (Phi) is 3.31. The van der Waals surface area contributed by atoms with Crippen LogP contribution in [0.2, 0.25) is 0 Å². The SMILES string of the molecule is CNc1ccc2ncc(-c3cccc(C(=O)OC)c3)n2c1. The Balaban J connectivity index is 2.14. The molecule has 0 spiro atoms. The monoisotopic (exact) mass is 281 g/mol. The molecule has 0 radical (unpaired) electrons. The smallest absolute Gasteiger partial charge is 0.337 e. The number of nitrogens with zero attached hydrogens (tertiary/aromatic N) is 2. The fourth-order valence-corrected chi connectivity index (χ4v) is 2.27. The van der Waals surface area contributed by atoms with E-state index in [1.165, 1.54) is 7.11 Å². The summed E-state index contributed by atoms with van der Waals surface area (Å²) in [5.74, 6) is -0.346. The van der Waals surface area contributed by atoms with Gasteiger partial charge < -0.3 is 10.1 Å². The van der Waals surface area contributed by atoms with Gasteiger partial charge in [0.15, 0.2) is 0 Å². The normalized spacial score (nSPS) is 10.6. The van der Waals surface area contributed by atoms with Gasteiger partial charge in [-0.2, -0.15) is 0 Å². The lowest BCUT2D eigenvalue weighted by atomic mass is 10.1. The van der Waals surface area contributed by atoms with Crippen LogP contribution in [0.25, 0.3) is 16.9 Å². The number of hydrogen-bond acceptors (Lipinski definition) is 4. The first kappa shape index (κ1) is 13.2. The summed E-state index contributed by atoms with van der Waals surface area (Å²) in [6, 6.07) is 11.2. The average molecular weight is 281 g/mol. The molecule has 0 bridgehead atoms. The molecule has 2 aromatic heterocycles. The molecular formula is C16H15N3O2. The summed E-state index contributed by atoms with van der Waals surface area (Å²) in [7, 11) is 3.25. The topological polar surface area (TPSA) is 55.6 Å². The fraction of sp³-hybridized carbons (Fsp3) is 0.125. The number of ether oxygens (including phenoxy) is 1. The third-order valence-electron chi connectivity index (χ3n) is 3.37. The van der Waals surface area contributed by atoms with Crippen LogP contribution in [0.15, 0.2) is 48.8 Å². The minimum atomic E-state index is -0.346. The lowest BCUT2D eigenvalue weighted by Gasteiger charge is -2.06. The minimum Gasteiger partial charge on any atom is -0.465 e. The van der Waals surface area contributed by atoms with Crippen molar-refractivity contribution in [1.82, 2.24) is 9.38 Å². The van der Waals surface area contributed by atoms with Crippen LogP contribution in [-0.4, -0.2) is 29.5 Å². The summed E-state index contributed by atoms with van der Waals surface area (Å²) in [4.78, 5) is 16.0. The molecule has 0 saturated heterocycles. The molecule has 0 unspecified atom stereocenters. The van der Waals surface area contributed by atoms with E-state index in [9.17, 15) is 4.79 Å². The van der Waals surface area contributed by atoms with Gasteiger partial charge in [-0.05, 0) is 24.3 Å². The van der Waals surface area contributed by atoms with Gasteiger partial charge in [-0.25, -0.2) is 9.78 Å². The molecule has 0 saturated carbocycles. The van der Waals surface area contributed by atoms with Gasteiger partial charge in [-0.3, -0.25) is 4.40 Å². The van der Waals surface area contributed by atoms with Crippen LogP contribution in [0.4, 0.5) is 5.69 Å². The molecule has 0 aliphatic rings. The van der Waals surface area contributed by atoms with Crippen molar-refractivity contribution < 1.29 is 9.53 Å². The largest absolute Gasteiger partial charge is 0.465 e. The molecule has 1 aromatic carbocycles. The van der Waals surface area contributed by atoms with E-state index >= 15 is 0 Å². The minimum absolute atomic E-state index is 0.346. The molecule has 3 aromatic rings. The molecule has 5 heteroatoms. The van der Waals surface area contributed by atoms with Crippen LogP contribution in [0.1, 0.15) is 10.4 Å². The zero-order valence-corrected chi connectivity index (χ0v) is 11.8. The van der Waals surface area contributed by atoms with Crippen molar-refractivity contribution in [2.24, 2.45) is 0 Å². The third kappa shape index (κ3) is 2.33. The van der Waals surface area contributed by atoms with Crippen molar-refractivity contribution in [3.05, 3.63) is 54.4 Å². The van der Waals surface area contributed by atoms with E-state index in [0.29, 0.717) is 5.56 Å². The Morgan fingerprint density at radius 3 is 2.90 bits per heavy atom. The van der Waals surface area contributed by atoms with Gasteiger partial charge in [-0.1, -0.05) is 12.1 Å². The van der Waals surface area contributed by atoms with Crippen molar-refractivity contribution in [3.8, 4) is 11.3 Å². The Morgan fingerprint density at radius 1 is 1.29 bits per heavy atom. The summed E-state index contributed by atoms with van der Waals surface area (Å²) in [5, 5.41) is 3.10. The molecule has 0 atom stereocenters. The van der Waals surface area contributed by atoms with Crippen molar-refractivity contribution >= 4 is 17.3 Å². The van der Waals surface area contributed by atoms with Crippen molar-refractivity contribution in [3.63, 3.8) is 0 Å². The van der Waals surface area contributed by atoms with E-state index in [2.05, 4.69) is 10.3 Å². The van der Waals surface area contributed by atoms with Crippen molar-refractivity contribution in [2.45, 2.75) is 0 Å². The number of fused-ring (bicyclic) bond motifs is 1. The zero-order chi connectivity index (χ0) is 14.8. The molecule has 3 rings (SSSR count). The number of rotatable bonds is 3. The quantitative estimate of drug-likeness (QED) is 0.750. The predicted octanol–water partition coefficient (Wildman–Crippen LogP) is 2.83. The van der Waals surface area contributed by atoms with E-state index in [1.807, 2.05) is 41.9 Å². The van der Waals surface area contributed by atoms with E-state index in [0.717, 1.165) is 22.6 Å². The van der Waals surface area contributed by atoms with Gasteiger partial charge in [-0.15, -0.1) is 0 Å². The Labute approximate surface area is 122 Å². The highest BCUT2D eigenvalue weighted by molar-refractivity contribution is 5.90. The molecule has 0 amide bonds. The highest BCUT2D eigenvalue weighted by Crippen LogP contribution is 2.23. The van der Waals surface area contributed by atoms with E-state index in [4.69, 9.17) is 4.74 Å². The molecule has 21 heavy (non-hydrogen) atoms. The van der Waals surface area contributed by atoms with Crippen molar-refractivity contribution in [1.29, 1.82) is 0 Å². The maximum Gasteiger partial charge on any atom is 0.337 e. The number of carbonyl (C=O) groups excluding carboxylic acids is 1. The molecule has 0 aliphatic heterocycles. The number of imidazole rings is 1. The number of hydrogen-bond donors (Lipinski definition) is 1. The number of pyridine rings is 1. The maximum absolute atomic E-state index is 11.6. The van der Waals surface area contributed by atoms with Crippen LogP contribution in [0, 0.1) is 0 Å². The molecule has 1 N–H and O–H groups in total. The summed E-state index contributed by atoms with van der Waals surface area (Å²) >= 11 is 0. The second-order valence-electron chi connectivity index (χ2n) is 4.61. The number of nitrogens with one attached hydrogen (secondary N) is 1. The maximum atomic E-state index is 11.6. The summed E-state index contributed by atoms with van der Waals surface area (Å²) in [6.45, 7) is 0.